The van der Waals surface area contributed by atoms with Crippen molar-refractivity contribution in [2.45, 2.75) is 12.5 Å². The molecule has 3 aromatic carbocycles. The van der Waals surface area contributed by atoms with Crippen LogP contribution in [-0.4, -0.2) is 10.6 Å². The maximum absolute atomic E-state index is 10.9. The Morgan fingerprint density at radius 1 is 1.00 bits per heavy atom. The summed E-state index contributed by atoms with van der Waals surface area (Å²) in [6.07, 6.45) is 0.647. The molecule has 0 fully saturated rings. The molecule has 6 heteroatoms. The van der Waals surface area contributed by atoms with Gasteiger partial charge in [0.1, 0.15) is 0 Å². The highest BCUT2D eigenvalue weighted by Crippen LogP contribution is 2.35. The number of nitro benzene ring substituents is 1. The molecular formula is C21H16ClN3O2. The van der Waals surface area contributed by atoms with E-state index in [0.29, 0.717) is 11.4 Å². The van der Waals surface area contributed by atoms with Crippen LogP contribution in [0.25, 0.3) is 0 Å². The van der Waals surface area contributed by atoms with Crippen LogP contribution in [0.15, 0.2) is 77.8 Å². The van der Waals surface area contributed by atoms with Crippen molar-refractivity contribution < 1.29 is 4.92 Å². The zero-order valence-corrected chi connectivity index (χ0v) is 15.1. The van der Waals surface area contributed by atoms with Crippen molar-refractivity contribution >= 4 is 34.4 Å². The van der Waals surface area contributed by atoms with Gasteiger partial charge in [-0.1, -0.05) is 48.0 Å². The van der Waals surface area contributed by atoms with E-state index in [1.807, 2.05) is 48.5 Å². The summed E-state index contributed by atoms with van der Waals surface area (Å²) in [5.74, 6) is 0. The number of aliphatic imine (C=N–C) groups is 1. The molecule has 1 atom stereocenters. The van der Waals surface area contributed by atoms with Crippen LogP contribution in [-0.2, 0) is 0 Å². The highest BCUT2D eigenvalue weighted by molar-refractivity contribution is 6.30. The van der Waals surface area contributed by atoms with E-state index in [0.717, 1.165) is 28.2 Å². The minimum absolute atomic E-state index is 0.0520. The molecule has 0 bridgehead atoms. The van der Waals surface area contributed by atoms with Crippen LogP contribution in [0.1, 0.15) is 23.6 Å². The number of halogens is 1. The van der Waals surface area contributed by atoms with Gasteiger partial charge in [-0.2, -0.15) is 0 Å². The number of hydrogen-bond acceptors (Lipinski definition) is 4. The minimum atomic E-state index is -0.389. The maximum Gasteiger partial charge on any atom is 0.269 e. The Kier molecular flexibility index (Phi) is 4.60. The number of benzene rings is 3. The van der Waals surface area contributed by atoms with E-state index >= 15 is 0 Å². The third kappa shape index (κ3) is 3.68. The van der Waals surface area contributed by atoms with Gasteiger partial charge in [0.2, 0.25) is 0 Å². The van der Waals surface area contributed by atoms with Gasteiger partial charge < -0.3 is 5.32 Å². The first-order valence-corrected chi connectivity index (χ1v) is 8.91. The first-order valence-electron chi connectivity index (χ1n) is 8.53. The zero-order valence-electron chi connectivity index (χ0n) is 14.3. The van der Waals surface area contributed by atoms with Crippen molar-refractivity contribution in [1.29, 1.82) is 0 Å². The van der Waals surface area contributed by atoms with Gasteiger partial charge in [0, 0.05) is 23.6 Å². The van der Waals surface area contributed by atoms with Gasteiger partial charge >= 0.3 is 0 Å². The average Bonchev–Trinajstić information content (AvgIpc) is 2.88. The Labute approximate surface area is 161 Å². The molecule has 134 valence electrons. The molecule has 0 amide bonds. The van der Waals surface area contributed by atoms with Crippen LogP contribution in [0, 0.1) is 10.1 Å². The molecule has 5 nitrogen and oxygen atoms in total. The number of non-ortho nitro benzene ring substituents is 1. The second-order valence-electron chi connectivity index (χ2n) is 6.33. The number of para-hydroxylation sites is 2. The van der Waals surface area contributed by atoms with Gasteiger partial charge in [-0.25, -0.2) is 0 Å². The van der Waals surface area contributed by atoms with Crippen LogP contribution in [0.3, 0.4) is 0 Å². The van der Waals surface area contributed by atoms with Crippen LogP contribution in [0.4, 0.5) is 17.1 Å². The Bertz CT molecular complexity index is 1010. The average molecular weight is 378 g/mol. The Balaban J connectivity index is 1.75. The SMILES string of the molecule is O=[N+]([O-])c1ccc([C@H]2CC(c3ccc(Cl)cc3)=Nc3ccccc3N2)cc1. The van der Waals surface area contributed by atoms with E-state index in [9.17, 15) is 10.1 Å². The molecule has 1 heterocycles. The van der Waals surface area contributed by atoms with Gasteiger partial charge in [0.25, 0.3) is 5.69 Å². The summed E-state index contributed by atoms with van der Waals surface area (Å²) >= 11 is 6.02. The molecule has 0 spiro atoms. The Hall–Kier alpha value is -3.18. The lowest BCUT2D eigenvalue weighted by Crippen LogP contribution is -2.14. The number of anilines is 1. The lowest BCUT2D eigenvalue weighted by molar-refractivity contribution is -0.384. The summed E-state index contributed by atoms with van der Waals surface area (Å²) in [5, 5.41) is 15.1. The monoisotopic (exact) mass is 377 g/mol. The summed E-state index contributed by atoms with van der Waals surface area (Å²) in [6, 6.07) is 22.1. The molecule has 0 radical (unpaired) electrons. The molecular weight excluding hydrogens is 362 g/mol. The smallest absolute Gasteiger partial charge is 0.269 e. The van der Waals surface area contributed by atoms with E-state index in [2.05, 4.69) is 5.32 Å². The summed E-state index contributed by atoms with van der Waals surface area (Å²) < 4.78 is 0. The van der Waals surface area contributed by atoms with Crippen molar-refractivity contribution in [2.24, 2.45) is 4.99 Å². The van der Waals surface area contributed by atoms with Gasteiger partial charge in [-0.05, 0) is 35.4 Å². The molecule has 27 heavy (non-hydrogen) atoms. The van der Waals surface area contributed by atoms with Crippen LogP contribution >= 0.6 is 11.6 Å². The van der Waals surface area contributed by atoms with E-state index in [1.165, 1.54) is 12.1 Å². The fraction of sp³-hybridized carbons (Fsp3) is 0.0952. The lowest BCUT2D eigenvalue weighted by atomic mass is 9.97. The van der Waals surface area contributed by atoms with Crippen LogP contribution in [0.2, 0.25) is 5.02 Å². The number of nitrogens with one attached hydrogen (secondary N) is 1. The first kappa shape index (κ1) is 17.2. The van der Waals surface area contributed by atoms with Crippen molar-refractivity contribution in [3.63, 3.8) is 0 Å². The lowest BCUT2D eigenvalue weighted by Gasteiger charge is -2.19. The van der Waals surface area contributed by atoms with Crippen molar-refractivity contribution in [3.8, 4) is 0 Å². The van der Waals surface area contributed by atoms with Gasteiger partial charge in [-0.15, -0.1) is 0 Å². The largest absolute Gasteiger partial charge is 0.376 e. The summed E-state index contributed by atoms with van der Waals surface area (Å²) in [7, 11) is 0. The number of rotatable bonds is 3. The number of nitro groups is 1. The fourth-order valence-electron chi connectivity index (χ4n) is 3.17. The predicted molar refractivity (Wildman–Crippen MR) is 108 cm³/mol. The highest BCUT2D eigenvalue weighted by Gasteiger charge is 2.21. The molecule has 0 unspecified atom stereocenters. The summed E-state index contributed by atoms with van der Waals surface area (Å²) in [6.45, 7) is 0. The molecule has 0 saturated carbocycles. The highest BCUT2D eigenvalue weighted by atomic mass is 35.5. The molecule has 4 rings (SSSR count). The van der Waals surface area contributed by atoms with Crippen LogP contribution < -0.4 is 5.32 Å². The fourth-order valence-corrected chi connectivity index (χ4v) is 3.30. The molecule has 0 saturated heterocycles. The van der Waals surface area contributed by atoms with Crippen LogP contribution in [0.5, 0.6) is 0 Å². The third-order valence-corrected chi connectivity index (χ3v) is 4.82. The molecule has 1 aliphatic heterocycles. The molecule has 1 aliphatic rings. The molecule has 0 aliphatic carbocycles. The second kappa shape index (κ2) is 7.21. The minimum Gasteiger partial charge on any atom is -0.376 e. The molecule has 1 N–H and O–H groups in total. The van der Waals surface area contributed by atoms with Crippen molar-refractivity contribution in [3.05, 3.63) is 99.1 Å². The third-order valence-electron chi connectivity index (χ3n) is 4.57. The molecule has 0 aromatic heterocycles. The van der Waals surface area contributed by atoms with E-state index in [-0.39, 0.29) is 16.7 Å². The van der Waals surface area contributed by atoms with Crippen molar-refractivity contribution in [1.82, 2.24) is 0 Å². The van der Waals surface area contributed by atoms with E-state index in [4.69, 9.17) is 16.6 Å². The Morgan fingerprint density at radius 3 is 2.41 bits per heavy atom. The predicted octanol–water partition coefficient (Wildman–Crippen LogP) is 5.93. The zero-order chi connectivity index (χ0) is 18.8. The number of hydrogen-bond donors (Lipinski definition) is 1. The number of fused-ring (bicyclic) bond motifs is 1. The molecule has 3 aromatic rings. The van der Waals surface area contributed by atoms with Gasteiger partial charge in [0.05, 0.1) is 28.1 Å². The summed E-state index contributed by atoms with van der Waals surface area (Å²) in [5.41, 5.74) is 4.80. The second-order valence-corrected chi connectivity index (χ2v) is 6.77. The topological polar surface area (TPSA) is 67.5 Å². The quantitative estimate of drug-likeness (QED) is 0.454. The first-order chi connectivity index (χ1) is 13.1. The van der Waals surface area contributed by atoms with Crippen molar-refractivity contribution in [2.75, 3.05) is 5.32 Å². The van der Waals surface area contributed by atoms with Gasteiger partial charge in [0.15, 0.2) is 0 Å². The normalized spacial score (nSPS) is 15.9. The maximum atomic E-state index is 10.9. The summed E-state index contributed by atoms with van der Waals surface area (Å²) in [4.78, 5) is 15.4. The van der Waals surface area contributed by atoms with E-state index in [1.54, 1.807) is 12.1 Å². The standard InChI is InChI=1S/C21H16ClN3O2/c22-16-9-5-14(6-10-16)20-13-21(15-7-11-17(12-8-15)25(26)27)24-19-4-2-1-3-18(19)23-20/h1-12,21,24H,13H2/t21-/m1/s1. The Morgan fingerprint density at radius 2 is 1.70 bits per heavy atom. The van der Waals surface area contributed by atoms with E-state index < -0.39 is 0 Å². The van der Waals surface area contributed by atoms with Gasteiger partial charge in [-0.3, -0.25) is 15.1 Å². The number of nitrogens with zero attached hydrogens (tertiary/aromatic N) is 2.